The first-order valence-corrected chi connectivity index (χ1v) is 6.61. The molecule has 0 saturated heterocycles. The van der Waals surface area contributed by atoms with E-state index in [1.165, 1.54) is 6.33 Å². The fraction of sp³-hybridized carbons (Fsp3) is 0. The van der Waals surface area contributed by atoms with Crippen molar-refractivity contribution in [1.29, 1.82) is 5.26 Å². The van der Waals surface area contributed by atoms with Gasteiger partial charge in [-0.15, -0.1) is 0 Å². The highest BCUT2D eigenvalue weighted by Crippen LogP contribution is 2.37. The summed E-state index contributed by atoms with van der Waals surface area (Å²) >= 11 is 0. The molecule has 5 nitrogen and oxygen atoms in total. The van der Waals surface area contributed by atoms with Crippen LogP contribution in [0.2, 0.25) is 0 Å². The predicted octanol–water partition coefficient (Wildman–Crippen LogP) is 3.39. The molecule has 0 aliphatic carbocycles. The lowest BCUT2D eigenvalue weighted by Gasteiger charge is -2.13. The van der Waals surface area contributed by atoms with Crippen LogP contribution in [0, 0.1) is 11.3 Å². The quantitative estimate of drug-likeness (QED) is 0.798. The number of hydrogen-bond donors (Lipinski definition) is 1. The summed E-state index contributed by atoms with van der Waals surface area (Å²) in [6, 6.07) is 16.7. The lowest BCUT2D eigenvalue weighted by Crippen LogP contribution is -1.98. The van der Waals surface area contributed by atoms with E-state index in [-0.39, 0.29) is 0 Å². The molecule has 3 aromatic rings. The van der Waals surface area contributed by atoms with Crippen molar-refractivity contribution in [3.05, 3.63) is 66.6 Å². The summed E-state index contributed by atoms with van der Waals surface area (Å²) < 4.78 is 5.91. The topological polar surface area (TPSA) is 84.8 Å². The monoisotopic (exact) mass is 288 g/mol. The molecule has 0 fully saturated rings. The van der Waals surface area contributed by atoms with Crippen molar-refractivity contribution in [1.82, 2.24) is 9.97 Å². The zero-order valence-electron chi connectivity index (χ0n) is 11.6. The molecule has 1 heterocycles. The van der Waals surface area contributed by atoms with Crippen LogP contribution >= 0.6 is 0 Å². The standard InChI is InChI=1S/C17H12N4O/c18-9-12-5-4-8-14(15-10-20-11-21-17(15)19)16(12)22-13-6-2-1-3-7-13/h1-8,10-11H,(H2,19,20,21). The van der Waals surface area contributed by atoms with Crippen molar-refractivity contribution in [3.63, 3.8) is 0 Å². The van der Waals surface area contributed by atoms with Crippen LogP contribution in [0.4, 0.5) is 5.82 Å². The Bertz CT molecular complexity index is 841. The fourth-order valence-corrected chi connectivity index (χ4v) is 2.10. The number of ether oxygens (including phenoxy) is 1. The Labute approximate surface area is 127 Å². The molecule has 0 aliphatic heterocycles. The normalized spacial score (nSPS) is 9.95. The maximum Gasteiger partial charge on any atom is 0.153 e. The number of hydrogen-bond acceptors (Lipinski definition) is 5. The smallest absolute Gasteiger partial charge is 0.153 e. The molecule has 0 spiro atoms. The maximum absolute atomic E-state index is 9.34. The minimum Gasteiger partial charge on any atom is -0.455 e. The molecular weight excluding hydrogens is 276 g/mol. The van der Waals surface area contributed by atoms with Crippen LogP contribution in [-0.4, -0.2) is 9.97 Å². The van der Waals surface area contributed by atoms with Crippen molar-refractivity contribution in [2.24, 2.45) is 0 Å². The number of nitriles is 1. The van der Waals surface area contributed by atoms with Crippen LogP contribution in [0.15, 0.2) is 61.1 Å². The van der Waals surface area contributed by atoms with Crippen molar-refractivity contribution < 1.29 is 4.74 Å². The van der Waals surface area contributed by atoms with E-state index >= 15 is 0 Å². The molecule has 0 amide bonds. The largest absolute Gasteiger partial charge is 0.455 e. The van der Waals surface area contributed by atoms with E-state index in [9.17, 15) is 5.26 Å². The third-order valence-corrected chi connectivity index (χ3v) is 3.13. The van der Waals surface area contributed by atoms with E-state index in [1.54, 1.807) is 18.3 Å². The van der Waals surface area contributed by atoms with Gasteiger partial charge >= 0.3 is 0 Å². The second-order valence-electron chi connectivity index (χ2n) is 4.53. The summed E-state index contributed by atoms with van der Waals surface area (Å²) in [6.45, 7) is 0. The minimum atomic E-state index is 0.336. The molecule has 106 valence electrons. The molecule has 3 rings (SSSR count). The molecular formula is C17H12N4O. The van der Waals surface area contributed by atoms with Gasteiger partial charge in [-0.25, -0.2) is 9.97 Å². The van der Waals surface area contributed by atoms with Gasteiger partial charge in [0.1, 0.15) is 24.0 Å². The molecule has 5 heteroatoms. The number of nitrogen functional groups attached to an aromatic ring is 1. The van der Waals surface area contributed by atoms with Crippen LogP contribution < -0.4 is 10.5 Å². The third kappa shape index (κ3) is 2.58. The second-order valence-corrected chi connectivity index (χ2v) is 4.53. The highest BCUT2D eigenvalue weighted by atomic mass is 16.5. The van der Waals surface area contributed by atoms with Crippen LogP contribution in [0.25, 0.3) is 11.1 Å². The second kappa shape index (κ2) is 5.94. The number of nitrogens with zero attached hydrogens (tertiary/aromatic N) is 3. The van der Waals surface area contributed by atoms with Gasteiger partial charge in [0.15, 0.2) is 5.75 Å². The average Bonchev–Trinajstić information content (AvgIpc) is 2.57. The van der Waals surface area contributed by atoms with Gasteiger partial charge in [0, 0.05) is 17.3 Å². The molecule has 0 aliphatic rings. The maximum atomic E-state index is 9.34. The lowest BCUT2D eigenvalue weighted by atomic mass is 10.0. The number of anilines is 1. The van der Waals surface area contributed by atoms with Crippen molar-refractivity contribution in [2.75, 3.05) is 5.73 Å². The first-order valence-electron chi connectivity index (χ1n) is 6.61. The van der Waals surface area contributed by atoms with Crippen molar-refractivity contribution >= 4 is 5.82 Å². The zero-order valence-corrected chi connectivity index (χ0v) is 11.6. The number of rotatable bonds is 3. The Balaban J connectivity index is 2.16. The highest BCUT2D eigenvalue weighted by Gasteiger charge is 2.15. The Kier molecular flexibility index (Phi) is 3.67. The summed E-state index contributed by atoms with van der Waals surface area (Å²) in [5, 5.41) is 9.34. The molecule has 1 aromatic heterocycles. The highest BCUT2D eigenvalue weighted by molar-refractivity contribution is 5.80. The molecule has 0 bridgehead atoms. The number of nitrogens with two attached hydrogens (primary N) is 1. The SMILES string of the molecule is N#Cc1cccc(-c2cncnc2N)c1Oc1ccccc1. The number of aromatic nitrogens is 2. The molecule has 22 heavy (non-hydrogen) atoms. The fourth-order valence-electron chi connectivity index (χ4n) is 2.10. The Hall–Kier alpha value is -3.39. The van der Waals surface area contributed by atoms with Gasteiger partial charge in [-0.1, -0.05) is 30.3 Å². The minimum absolute atomic E-state index is 0.336. The first kappa shape index (κ1) is 13.6. The van der Waals surface area contributed by atoms with Crippen molar-refractivity contribution in [3.8, 4) is 28.7 Å². The Morgan fingerprint density at radius 3 is 2.55 bits per heavy atom. The van der Waals surface area contributed by atoms with Crippen LogP contribution in [0.1, 0.15) is 5.56 Å². The molecule has 0 radical (unpaired) electrons. The lowest BCUT2D eigenvalue weighted by molar-refractivity contribution is 0.483. The van der Waals surface area contributed by atoms with E-state index in [0.29, 0.717) is 34.0 Å². The van der Waals surface area contributed by atoms with E-state index in [4.69, 9.17) is 10.5 Å². The molecule has 0 saturated carbocycles. The molecule has 2 aromatic carbocycles. The molecule has 0 unspecified atom stereocenters. The third-order valence-electron chi connectivity index (χ3n) is 3.13. The Morgan fingerprint density at radius 1 is 1.00 bits per heavy atom. The molecule has 2 N–H and O–H groups in total. The van der Waals surface area contributed by atoms with Gasteiger partial charge in [-0.3, -0.25) is 0 Å². The van der Waals surface area contributed by atoms with Gasteiger partial charge in [0.25, 0.3) is 0 Å². The predicted molar refractivity (Wildman–Crippen MR) is 83.1 cm³/mol. The van der Waals surface area contributed by atoms with E-state index in [2.05, 4.69) is 16.0 Å². The van der Waals surface area contributed by atoms with Gasteiger partial charge in [0.2, 0.25) is 0 Å². The van der Waals surface area contributed by atoms with Gasteiger partial charge in [0.05, 0.1) is 5.56 Å². The van der Waals surface area contributed by atoms with Gasteiger partial charge in [-0.2, -0.15) is 5.26 Å². The van der Waals surface area contributed by atoms with Crippen molar-refractivity contribution in [2.45, 2.75) is 0 Å². The van der Waals surface area contributed by atoms with Crippen LogP contribution in [-0.2, 0) is 0 Å². The van der Waals surface area contributed by atoms with Crippen LogP contribution in [0.5, 0.6) is 11.5 Å². The summed E-state index contributed by atoms with van der Waals surface area (Å²) in [4.78, 5) is 7.98. The van der Waals surface area contributed by atoms with Crippen LogP contribution in [0.3, 0.4) is 0 Å². The summed E-state index contributed by atoms with van der Waals surface area (Å²) in [5.74, 6) is 1.42. The van der Waals surface area contributed by atoms with Gasteiger partial charge < -0.3 is 10.5 Å². The summed E-state index contributed by atoms with van der Waals surface area (Å²) in [7, 11) is 0. The number of para-hydroxylation sites is 2. The Morgan fingerprint density at radius 2 is 1.82 bits per heavy atom. The first-order chi connectivity index (χ1) is 10.8. The van der Waals surface area contributed by atoms with Gasteiger partial charge in [-0.05, 0) is 18.2 Å². The van der Waals surface area contributed by atoms with E-state index in [1.807, 2.05) is 36.4 Å². The number of benzene rings is 2. The zero-order chi connectivity index (χ0) is 15.4. The van der Waals surface area contributed by atoms with E-state index < -0.39 is 0 Å². The molecule has 0 atom stereocenters. The average molecular weight is 288 g/mol. The summed E-state index contributed by atoms with van der Waals surface area (Å²) in [6.07, 6.45) is 2.99. The summed E-state index contributed by atoms with van der Waals surface area (Å²) in [5.41, 5.74) is 7.65. The van der Waals surface area contributed by atoms with E-state index in [0.717, 1.165) is 0 Å².